The highest BCUT2D eigenvalue weighted by atomic mass is 35.5. The lowest BCUT2D eigenvalue weighted by Crippen LogP contribution is -2.30. The van der Waals surface area contributed by atoms with Crippen molar-refractivity contribution in [3.8, 4) is 0 Å². The van der Waals surface area contributed by atoms with Crippen molar-refractivity contribution in [3.63, 3.8) is 0 Å². The van der Waals surface area contributed by atoms with Crippen molar-refractivity contribution in [2.75, 3.05) is 26.0 Å². The van der Waals surface area contributed by atoms with E-state index in [0.717, 1.165) is 18.5 Å². The molecule has 1 saturated heterocycles. The van der Waals surface area contributed by atoms with E-state index in [9.17, 15) is 9.59 Å². The van der Waals surface area contributed by atoms with Gasteiger partial charge in [-0.15, -0.1) is 11.8 Å². The van der Waals surface area contributed by atoms with Gasteiger partial charge in [0.1, 0.15) is 0 Å². The summed E-state index contributed by atoms with van der Waals surface area (Å²) in [6.07, 6.45) is 1.24. The molecule has 1 amide bonds. The molecule has 0 radical (unpaired) electrons. The van der Waals surface area contributed by atoms with E-state index in [1.54, 1.807) is 17.8 Å². The van der Waals surface area contributed by atoms with Crippen LogP contribution in [0.25, 0.3) is 0 Å². The monoisotopic (exact) mass is 327 g/mol. The van der Waals surface area contributed by atoms with Crippen LogP contribution in [0.5, 0.6) is 0 Å². The second-order valence-electron chi connectivity index (χ2n) is 4.91. The number of amides is 1. The highest BCUT2D eigenvalue weighted by Crippen LogP contribution is 2.24. The number of methoxy groups -OCH3 is 1. The van der Waals surface area contributed by atoms with Crippen LogP contribution in [0.3, 0.4) is 0 Å². The third-order valence-corrected chi connectivity index (χ3v) is 5.09. The van der Waals surface area contributed by atoms with Gasteiger partial charge >= 0.3 is 5.97 Å². The van der Waals surface area contributed by atoms with Crippen molar-refractivity contribution in [2.45, 2.75) is 18.1 Å². The Labute approximate surface area is 133 Å². The highest BCUT2D eigenvalue weighted by molar-refractivity contribution is 8.00. The van der Waals surface area contributed by atoms with Gasteiger partial charge in [0.05, 0.1) is 19.3 Å². The van der Waals surface area contributed by atoms with Crippen molar-refractivity contribution in [1.29, 1.82) is 0 Å². The Bertz CT molecular complexity index is 523. The fraction of sp³-hybridized carbons (Fsp3) is 0.467. The topological polar surface area (TPSA) is 46.6 Å². The average Bonchev–Trinajstić information content (AvgIpc) is 2.96. The number of halogens is 1. The molecular formula is C15H18ClNO3S. The van der Waals surface area contributed by atoms with Crippen LogP contribution in [-0.4, -0.2) is 48.0 Å². The van der Waals surface area contributed by atoms with Crippen LogP contribution >= 0.6 is 23.4 Å². The molecule has 0 spiro atoms. The minimum Gasteiger partial charge on any atom is -0.468 e. The lowest BCUT2D eigenvalue weighted by atomic mass is 10.1. The van der Waals surface area contributed by atoms with Crippen molar-refractivity contribution >= 4 is 35.2 Å². The Morgan fingerprint density at radius 2 is 2.19 bits per heavy atom. The predicted molar refractivity (Wildman–Crippen MR) is 84.6 cm³/mol. The second-order valence-corrected chi connectivity index (χ2v) is 6.60. The fourth-order valence-corrected chi connectivity index (χ4v) is 3.50. The van der Waals surface area contributed by atoms with Crippen molar-refractivity contribution in [2.24, 2.45) is 0 Å². The molecule has 114 valence electrons. The largest absolute Gasteiger partial charge is 0.468 e. The molecule has 1 fully saturated rings. The molecule has 21 heavy (non-hydrogen) atoms. The fourth-order valence-electron chi connectivity index (χ4n) is 2.25. The molecule has 6 heteroatoms. The molecule has 0 aliphatic carbocycles. The third kappa shape index (κ3) is 4.64. The van der Waals surface area contributed by atoms with Crippen molar-refractivity contribution < 1.29 is 14.3 Å². The van der Waals surface area contributed by atoms with E-state index in [-0.39, 0.29) is 11.9 Å². The Kier molecular flexibility index (Phi) is 5.94. The molecule has 1 heterocycles. The number of esters is 1. The van der Waals surface area contributed by atoms with Crippen molar-refractivity contribution in [1.82, 2.24) is 4.90 Å². The number of hydrogen-bond donors (Lipinski definition) is 0. The molecule has 0 bridgehead atoms. The summed E-state index contributed by atoms with van der Waals surface area (Å²) in [5, 5.41) is 0.931. The normalized spacial score (nSPS) is 17.8. The van der Waals surface area contributed by atoms with Gasteiger partial charge in [0, 0.05) is 23.4 Å². The van der Waals surface area contributed by atoms with Gasteiger partial charge in [-0.3, -0.25) is 9.59 Å². The van der Waals surface area contributed by atoms with Gasteiger partial charge in [-0.1, -0.05) is 29.8 Å². The number of hydrogen-bond acceptors (Lipinski definition) is 4. The quantitative estimate of drug-likeness (QED) is 0.779. The number of thioether (sulfide) groups is 1. The van der Waals surface area contributed by atoms with Crippen LogP contribution < -0.4 is 0 Å². The maximum Gasteiger partial charge on any atom is 0.315 e. The summed E-state index contributed by atoms with van der Waals surface area (Å²) in [5.41, 5.74) is 0.856. The van der Waals surface area contributed by atoms with Crippen LogP contribution in [0.1, 0.15) is 12.0 Å². The van der Waals surface area contributed by atoms with Gasteiger partial charge in [-0.25, -0.2) is 0 Å². The first-order chi connectivity index (χ1) is 10.1. The molecule has 0 N–H and O–H groups in total. The molecular weight excluding hydrogens is 310 g/mol. The Morgan fingerprint density at radius 1 is 1.43 bits per heavy atom. The maximum absolute atomic E-state index is 12.3. The van der Waals surface area contributed by atoms with Gasteiger partial charge in [-0.2, -0.15) is 0 Å². The summed E-state index contributed by atoms with van der Waals surface area (Å²) in [6.45, 7) is 1.42. The number of benzene rings is 1. The zero-order chi connectivity index (χ0) is 15.2. The molecule has 0 saturated carbocycles. The van der Waals surface area contributed by atoms with Crippen LogP contribution in [0, 0.1) is 0 Å². The Balaban J connectivity index is 1.82. The number of rotatable bonds is 5. The molecule has 1 aliphatic heterocycles. The first-order valence-electron chi connectivity index (χ1n) is 6.79. The Morgan fingerprint density at radius 3 is 2.90 bits per heavy atom. The molecule has 1 aromatic rings. The number of carbonyl (C=O) groups is 2. The van der Waals surface area contributed by atoms with E-state index in [4.69, 9.17) is 11.6 Å². The predicted octanol–water partition coefficient (Wildman–Crippen LogP) is 2.39. The third-order valence-electron chi connectivity index (χ3n) is 3.46. The Hall–Kier alpha value is -1.20. The molecule has 4 nitrogen and oxygen atoms in total. The lowest BCUT2D eigenvalue weighted by Gasteiger charge is -2.16. The van der Waals surface area contributed by atoms with Crippen LogP contribution in [0.2, 0.25) is 5.02 Å². The van der Waals surface area contributed by atoms with Crippen LogP contribution in [-0.2, 0) is 20.7 Å². The van der Waals surface area contributed by atoms with E-state index in [1.165, 1.54) is 7.11 Å². The smallest absolute Gasteiger partial charge is 0.315 e. The van der Waals surface area contributed by atoms with Gasteiger partial charge in [-0.05, 0) is 18.1 Å². The number of likely N-dealkylation sites (tertiary alicyclic amines) is 1. The van der Waals surface area contributed by atoms with Gasteiger partial charge in [0.2, 0.25) is 5.91 Å². The summed E-state index contributed by atoms with van der Waals surface area (Å²) >= 11 is 7.63. The first-order valence-corrected chi connectivity index (χ1v) is 8.22. The minimum absolute atomic E-state index is 0.0873. The molecule has 2 rings (SSSR count). The highest BCUT2D eigenvalue weighted by Gasteiger charge is 2.27. The van der Waals surface area contributed by atoms with Crippen LogP contribution in [0.15, 0.2) is 24.3 Å². The second kappa shape index (κ2) is 7.71. The van der Waals surface area contributed by atoms with Crippen molar-refractivity contribution in [3.05, 3.63) is 34.9 Å². The van der Waals surface area contributed by atoms with E-state index < -0.39 is 0 Å². The number of ether oxygens (including phenoxy) is 1. The number of carbonyl (C=O) groups excluding carboxylic acids is 2. The minimum atomic E-state index is -0.221. The van der Waals surface area contributed by atoms with Gasteiger partial charge in [0.15, 0.2) is 0 Å². The van der Waals surface area contributed by atoms with Gasteiger partial charge < -0.3 is 9.64 Å². The maximum atomic E-state index is 12.3. The molecule has 1 unspecified atom stereocenters. The summed E-state index contributed by atoms with van der Waals surface area (Å²) in [5.74, 6) is 0.207. The number of nitrogens with zero attached hydrogens (tertiary/aromatic N) is 1. The van der Waals surface area contributed by atoms with E-state index in [2.05, 4.69) is 4.74 Å². The first kappa shape index (κ1) is 16.2. The zero-order valence-corrected chi connectivity index (χ0v) is 13.5. The van der Waals surface area contributed by atoms with E-state index in [0.29, 0.717) is 29.0 Å². The molecule has 1 atom stereocenters. The molecule has 1 aromatic carbocycles. The SMILES string of the molecule is COC(=O)CSC1CCN(C(=O)Cc2ccccc2Cl)C1. The lowest BCUT2D eigenvalue weighted by molar-refractivity contribution is -0.137. The van der Waals surface area contributed by atoms with E-state index in [1.807, 2.05) is 23.1 Å². The van der Waals surface area contributed by atoms with Crippen LogP contribution in [0.4, 0.5) is 0 Å². The summed E-state index contributed by atoms with van der Waals surface area (Å²) in [4.78, 5) is 25.2. The molecule has 0 aromatic heterocycles. The average molecular weight is 328 g/mol. The summed E-state index contributed by atoms with van der Waals surface area (Å²) < 4.78 is 4.62. The van der Waals surface area contributed by atoms with Gasteiger partial charge in [0.25, 0.3) is 0 Å². The standard InChI is InChI=1S/C15H18ClNO3S/c1-20-15(19)10-21-12-6-7-17(9-12)14(18)8-11-4-2-3-5-13(11)16/h2-5,12H,6-10H2,1H3. The summed E-state index contributed by atoms with van der Waals surface area (Å²) in [7, 11) is 1.39. The molecule has 1 aliphatic rings. The summed E-state index contributed by atoms with van der Waals surface area (Å²) in [6, 6.07) is 7.40. The van der Waals surface area contributed by atoms with E-state index >= 15 is 0 Å². The zero-order valence-electron chi connectivity index (χ0n) is 11.9.